The molecule has 0 spiro atoms. The predicted molar refractivity (Wildman–Crippen MR) is 94.3 cm³/mol. The molecule has 2 aromatic carbocycles. The SMILES string of the molecule is CCOc1nc2ccccc2cc1C1=NOC(c2ccccc2)C1. The van der Waals surface area contributed by atoms with Crippen LogP contribution >= 0.6 is 0 Å². The second kappa shape index (κ2) is 6.32. The van der Waals surface area contributed by atoms with Crippen LogP contribution in [0.1, 0.15) is 30.6 Å². The van der Waals surface area contributed by atoms with Crippen molar-refractivity contribution in [2.75, 3.05) is 6.61 Å². The van der Waals surface area contributed by atoms with Gasteiger partial charge in [0, 0.05) is 11.8 Å². The quantitative estimate of drug-likeness (QED) is 0.711. The highest BCUT2D eigenvalue weighted by atomic mass is 16.6. The number of oxime groups is 1. The monoisotopic (exact) mass is 318 g/mol. The number of hydrogen-bond donors (Lipinski definition) is 0. The molecule has 0 N–H and O–H groups in total. The molecule has 1 atom stereocenters. The summed E-state index contributed by atoms with van der Waals surface area (Å²) in [5.41, 5.74) is 3.84. The summed E-state index contributed by atoms with van der Waals surface area (Å²) in [6, 6.07) is 20.3. The normalized spacial score (nSPS) is 16.7. The predicted octanol–water partition coefficient (Wildman–Crippen LogP) is 4.50. The van der Waals surface area contributed by atoms with Gasteiger partial charge in [-0.05, 0) is 24.6 Å². The lowest BCUT2D eigenvalue weighted by Crippen LogP contribution is -2.07. The van der Waals surface area contributed by atoms with E-state index in [2.05, 4.69) is 28.3 Å². The van der Waals surface area contributed by atoms with Crippen LogP contribution in [0.2, 0.25) is 0 Å². The fourth-order valence-electron chi connectivity index (χ4n) is 2.93. The Labute approximate surface area is 140 Å². The third-order valence-electron chi connectivity index (χ3n) is 4.12. The average Bonchev–Trinajstić information content (AvgIpc) is 3.12. The summed E-state index contributed by atoms with van der Waals surface area (Å²) >= 11 is 0. The van der Waals surface area contributed by atoms with E-state index in [1.165, 1.54) is 0 Å². The van der Waals surface area contributed by atoms with Crippen LogP contribution < -0.4 is 4.74 Å². The van der Waals surface area contributed by atoms with E-state index < -0.39 is 0 Å². The molecule has 1 aromatic heterocycles. The molecule has 120 valence electrons. The molecule has 3 aromatic rings. The van der Waals surface area contributed by atoms with Crippen molar-refractivity contribution >= 4 is 16.6 Å². The molecule has 24 heavy (non-hydrogen) atoms. The van der Waals surface area contributed by atoms with Gasteiger partial charge < -0.3 is 9.57 Å². The van der Waals surface area contributed by atoms with E-state index in [1.807, 2.05) is 49.4 Å². The largest absolute Gasteiger partial charge is 0.477 e. The van der Waals surface area contributed by atoms with E-state index in [1.54, 1.807) is 0 Å². The number of pyridine rings is 1. The van der Waals surface area contributed by atoms with Crippen LogP contribution in [-0.4, -0.2) is 17.3 Å². The van der Waals surface area contributed by atoms with E-state index in [-0.39, 0.29) is 6.10 Å². The van der Waals surface area contributed by atoms with Gasteiger partial charge in [-0.2, -0.15) is 0 Å². The van der Waals surface area contributed by atoms with Crippen molar-refractivity contribution in [1.29, 1.82) is 0 Å². The first-order valence-electron chi connectivity index (χ1n) is 8.15. The summed E-state index contributed by atoms with van der Waals surface area (Å²) in [5, 5.41) is 5.38. The highest BCUT2D eigenvalue weighted by Gasteiger charge is 2.26. The highest BCUT2D eigenvalue weighted by molar-refractivity contribution is 6.05. The molecule has 0 saturated carbocycles. The van der Waals surface area contributed by atoms with Gasteiger partial charge in [-0.3, -0.25) is 0 Å². The summed E-state index contributed by atoms with van der Waals surface area (Å²) in [5.74, 6) is 0.618. The van der Waals surface area contributed by atoms with Crippen molar-refractivity contribution in [3.05, 3.63) is 71.8 Å². The first kappa shape index (κ1) is 14.7. The minimum absolute atomic E-state index is 0.0536. The van der Waals surface area contributed by atoms with Crippen LogP contribution in [0.5, 0.6) is 5.88 Å². The molecular formula is C20H18N2O2. The topological polar surface area (TPSA) is 43.7 Å². The Kier molecular flexibility index (Phi) is 3.87. The van der Waals surface area contributed by atoms with E-state index in [4.69, 9.17) is 9.57 Å². The molecule has 0 aliphatic carbocycles. The minimum Gasteiger partial charge on any atom is -0.477 e. The minimum atomic E-state index is -0.0536. The number of fused-ring (bicyclic) bond motifs is 1. The summed E-state index contributed by atoms with van der Waals surface area (Å²) in [7, 11) is 0. The molecule has 4 rings (SSSR count). The van der Waals surface area contributed by atoms with Crippen LogP contribution in [0.4, 0.5) is 0 Å². The van der Waals surface area contributed by atoms with E-state index in [0.717, 1.165) is 27.7 Å². The van der Waals surface area contributed by atoms with E-state index in [0.29, 0.717) is 18.9 Å². The maximum absolute atomic E-state index is 5.75. The second-order valence-corrected chi connectivity index (χ2v) is 5.71. The number of nitrogens with zero attached hydrogens (tertiary/aromatic N) is 2. The maximum Gasteiger partial charge on any atom is 0.223 e. The van der Waals surface area contributed by atoms with Gasteiger partial charge in [-0.1, -0.05) is 53.7 Å². The maximum atomic E-state index is 5.75. The fraction of sp³-hybridized carbons (Fsp3) is 0.200. The van der Waals surface area contributed by atoms with Crippen molar-refractivity contribution in [2.24, 2.45) is 5.16 Å². The third-order valence-corrected chi connectivity index (χ3v) is 4.12. The van der Waals surface area contributed by atoms with Crippen molar-refractivity contribution in [1.82, 2.24) is 4.98 Å². The van der Waals surface area contributed by atoms with Crippen molar-refractivity contribution in [3.63, 3.8) is 0 Å². The lowest BCUT2D eigenvalue weighted by atomic mass is 10.00. The summed E-state index contributed by atoms with van der Waals surface area (Å²) in [6.07, 6.45) is 0.659. The van der Waals surface area contributed by atoms with Crippen molar-refractivity contribution in [2.45, 2.75) is 19.4 Å². The number of rotatable bonds is 4. The Hall–Kier alpha value is -2.88. The lowest BCUT2D eigenvalue weighted by Gasteiger charge is -2.11. The Morgan fingerprint density at radius 3 is 2.71 bits per heavy atom. The van der Waals surface area contributed by atoms with Gasteiger partial charge in [0.25, 0.3) is 0 Å². The molecule has 4 heteroatoms. The second-order valence-electron chi connectivity index (χ2n) is 5.71. The Morgan fingerprint density at radius 1 is 1.08 bits per heavy atom. The van der Waals surface area contributed by atoms with Gasteiger partial charge in [0.1, 0.15) is 0 Å². The molecule has 4 nitrogen and oxygen atoms in total. The lowest BCUT2D eigenvalue weighted by molar-refractivity contribution is 0.0857. The third kappa shape index (κ3) is 2.71. The Balaban J connectivity index is 1.69. The Morgan fingerprint density at radius 2 is 1.88 bits per heavy atom. The number of benzene rings is 2. The zero-order chi connectivity index (χ0) is 16.4. The van der Waals surface area contributed by atoms with Crippen molar-refractivity contribution in [3.8, 4) is 5.88 Å². The molecule has 2 heterocycles. The van der Waals surface area contributed by atoms with Gasteiger partial charge in [-0.15, -0.1) is 0 Å². The summed E-state index contributed by atoms with van der Waals surface area (Å²) in [4.78, 5) is 10.3. The number of aromatic nitrogens is 1. The molecule has 0 radical (unpaired) electrons. The first-order valence-corrected chi connectivity index (χ1v) is 8.15. The molecule has 0 fully saturated rings. The van der Waals surface area contributed by atoms with Gasteiger partial charge >= 0.3 is 0 Å². The van der Waals surface area contributed by atoms with Gasteiger partial charge in [0.05, 0.1) is 23.4 Å². The smallest absolute Gasteiger partial charge is 0.223 e. The number of hydrogen-bond acceptors (Lipinski definition) is 4. The molecule has 0 saturated heterocycles. The van der Waals surface area contributed by atoms with Crippen LogP contribution in [0.25, 0.3) is 10.9 Å². The van der Waals surface area contributed by atoms with E-state index in [9.17, 15) is 0 Å². The van der Waals surface area contributed by atoms with Crippen LogP contribution in [0.3, 0.4) is 0 Å². The summed E-state index contributed by atoms with van der Waals surface area (Å²) < 4.78 is 5.75. The first-order chi connectivity index (χ1) is 11.8. The molecule has 0 amide bonds. The number of ether oxygens (including phenoxy) is 1. The van der Waals surface area contributed by atoms with Gasteiger partial charge in [0.2, 0.25) is 5.88 Å². The van der Waals surface area contributed by atoms with Gasteiger partial charge in [-0.25, -0.2) is 4.98 Å². The molecule has 0 bridgehead atoms. The Bertz CT molecular complexity index is 891. The van der Waals surface area contributed by atoms with Crippen LogP contribution in [0, 0.1) is 0 Å². The molecular weight excluding hydrogens is 300 g/mol. The van der Waals surface area contributed by atoms with Crippen LogP contribution in [-0.2, 0) is 4.84 Å². The van der Waals surface area contributed by atoms with E-state index >= 15 is 0 Å². The molecule has 1 aliphatic heterocycles. The standard InChI is InChI=1S/C20H18N2O2/c1-2-23-20-16(12-15-10-6-7-11-17(15)21-20)18-13-19(24-22-18)14-8-4-3-5-9-14/h3-12,19H,2,13H2,1H3. The van der Waals surface area contributed by atoms with Crippen LogP contribution in [0.15, 0.2) is 65.8 Å². The molecule has 1 unspecified atom stereocenters. The fourth-order valence-corrected chi connectivity index (χ4v) is 2.93. The van der Waals surface area contributed by atoms with Gasteiger partial charge in [0.15, 0.2) is 6.10 Å². The number of para-hydroxylation sites is 1. The zero-order valence-electron chi connectivity index (χ0n) is 13.5. The zero-order valence-corrected chi connectivity index (χ0v) is 13.5. The average molecular weight is 318 g/mol. The molecule has 1 aliphatic rings. The van der Waals surface area contributed by atoms with Crippen molar-refractivity contribution < 1.29 is 9.57 Å². The summed E-state index contributed by atoms with van der Waals surface area (Å²) in [6.45, 7) is 2.52. The highest BCUT2D eigenvalue weighted by Crippen LogP contribution is 2.33.